The van der Waals surface area contributed by atoms with Crippen molar-refractivity contribution in [2.24, 2.45) is 0 Å². The Morgan fingerprint density at radius 1 is 1.26 bits per heavy atom. The van der Waals surface area contributed by atoms with E-state index in [1.165, 1.54) is 19.3 Å². The lowest BCUT2D eigenvalue weighted by atomic mass is 9.93. The van der Waals surface area contributed by atoms with Gasteiger partial charge in [0.05, 0.1) is 5.56 Å². The van der Waals surface area contributed by atoms with Gasteiger partial charge in [-0.15, -0.1) is 0 Å². The van der Waals surface area contributed by atoms with Crippen LogP contribution in [0.4, 0.5) is 11.4 Å². The molecule has 1 aromatic carbocycles. The van der Waals surface area contributed by atoms with E-state index in [-0.39, 0.29) is 5.91 Å². The molecule has 0 aliphatic heterocycles. The third-order valence-corrected chi connectivity index (χ3v) is 3.92. The van der Waals surface area contributed by atoms with Gasteiger partial charge in [-0.1, -0.05) is 19.3 Å². The van der Waals surface area contributed by atoms with Crippen molar-refractivity contribution in [2.75, 3.05) is 18.0 Å². The van der Waals surface area contributed by atoms with Crippen LogP contribution in [0.25, 0.3) is 0 Å². The fourth-order valence-corrected chi connectivity index (χ4v) is 2.89. The first-order valence-electron chi connectivity index (χ1n) is 7.09. The molecule has 104 valence electrons. The van der Waals surface area contributed by atoms with Gasteiger partial charge in [-0.2, -0.15) is 0 Å². The van der Waals surface area contributed by atoms with Gasteiger partial charge in [0, 0.05) is 24.0 Å². The number of carbonyl (C=O) groups excluding carboxylic acids is 1. The zero-order valence-electron chi connectivity index (χ0n) is 11.6. The zero-order chi connectivity index (χ0) is 13.8. The highest BCUT2D eigenvalue weighted by Gasteiger charge is 2.25. The molecule has 0 bridgehead atoms. The van der Waals surface area contributed by atoms with E-state index in [4.69, 9.17) is 11.5 Å². The van der Waals surface area contributed by atoms with Crippen molar-refractivity contribution in [1.82, 2.24) is 4.90 Å². The number of nitrogens with zero attached hydrogens (tertiary/aromatic N) is 1. The van der Waals surface area contributed by atoms with Gasteiger partial charge in [0.1, 0.15) is 0 Å². The van der Waals surface area contributed by atoms with Crippen LogP contribution in [0.5, 0.6) is 0 Å². The van der Waals surface area contributed by atoms with E-state index in [2.05, 4.69) is 0 Å². The second kappa shape index (κ2) is 5.95. The summed E-state index contributed by atoms with van der Waals surface area (Å²) in [4.78, 5) is 14.6. The average Bonchev–Trinajstić information content (AvgIpc) is 2.40. The lowest BCUT2D eigenvalue weighted by Gasteiger charge is -2.34. The lowest BCUT2D eigenvalue weighted by Crippen LogP contribution is -2.41. The van der Waals surface area contributed by atoms with Crippen LogP contribution < -0.4 is 11.5 Å². The summed E-state index contributed by atoms with van der Waals surface area (Å²) in [7, 11) is 0. The Kier molecular flexibility index (Phi) is 4.30. The van der Waals surface area contributed by atoms with E-state index in [0.717, 1.165) is 19.4 Å². The Labute approximate surface area is 114 Å². The minimum atomic E-state index is 0.0342. The topological polar surface area (TPSA) is 72.3 Å². The maximum absolute atomic E-state index is 12.6. The first-order chi connectivity index (χ1) is 9.13. The fraction of sp³-hybridized carbons (Fsp3) is 0.533. The standard InChI is InChI=1S/C15H23N3O/c1-2-18(12-6-4-3-5-7-12)15(19)13-9-8-11(16)10-14(13)17/h8-10,12H,2-7,16-17H2,1H3. The summed E-state index contributed by atoms with van der Waals surface area (Å²) in [6.07, 6.45) is 5.92. The molecule has 19 heavy (non-hydrogen) atoms. The molecule has 4 N–H and O–H groups in total. The van der Waals surface area contributed by atoms with Crippen LogP contribution in [0.15, 0.2) is 18.2 Å². The summed E-state index contributed by atoms with van der Waals surface area (Å²) in [5.74, 6) is 0.0342. The van der Waals surface area contributed by atoms with E-state index in [1.807, 2.05) is 11.8 Å². The second-order valence-corrected chi connectivity index (χ2v) is 5.23. The van der Waals surface area contributed by atoms with Gasteiger partial charge < -0.3 is 16.4 Å². The van der Waals surface area contributed by atoms with E-state index >= 15 is 0 Å². The van der Waals surface area contributed by atoms with Gasteiger partial charge in [-0.25, -0.2) is 0 Å². The van der Waals surface area contributed by atoms with Gasteiger partial charge in [0.25, 0.3) is 5.91 Å². The molecule has 1 fully saturated rings. The minimum absolute atomic E-state index is 0.0342. The highest BCUT2D eigenvalue weighted by Crippen LogP contribution is 2.25. The number of rotatable bonds is 3. The quantitative estimate of drug-likeness (QED) is 0.822. The Morgan fingerprint density at radius 2 is 1.95 bits per heavy atom. The Balaban J connectivity index is 2.19. The summed E-state index contributed by atoms with van der Waals surface area (Å²) >= 11 is 0. The Hall–Kier alpha value is -1.71. The number of carbonyl (C=O) groups is 1. The van der Waals surface area contributed by atoms with Gasteiger partial charge in [0.15, 0.2) is 0 Å². The number of nitrogens with two attached hydrogens (primary N) is 2. The first-order valence-corrected chi connectivity index (χ1v) is 7.09. The van der Waals surface area contributed by atoms with E-state index in [1.54, 1.807) is 18.2 Å². The van der Waals surface area contributed by atoms with Crippen LogP contribution >= 0.6 is 0 Å². The number of amides is 1. The molecular weight excluding hydrogens is 238 g/mol. The molecule has 1 amide bonds. The summed E-state index contributed by atoms with van der Waals surface area (Å²) < 4.78 is 0. The zero-order valence-corrected chi connectivity index (χ0v) is 11.6. The summed E-state index contributed by atoms with van der Waals surface area (Å²) in [6.45, 7) is 2.76. The molecule has 1 aliphatic rings. The molecule has 0 radical (unpaired) electrons. The highest BCUT2D eigenvalue weighted by atomic mass is 16.2. The predicted molar refractivity (Wildman–Crippen MR) is 78.9 cm³/mol. The van der Waals surface area contributed by atoms with Crippen LogP contribution in [0.1, 0.15) is 49.4 Å². The molecule has 0 spiro atoms. The number of hydrogen-bond acceptors (Lipinski definition) is 3. The van der Waals surface area contributed by atoms with Crippen molar-refractivity contribution in [3.63, 3.8) is 0 Å². The van der Waals surface area contributed by atoms with Crippen LogP contribution in [-0.2, 0) is 0 Å². The predicted octanol–water partition coefficient (Wildman–Crippen LogP) is 2.65. The van der Waals surface area contributed by atoms with Crippen molar-refractivity contribution < 1.29 is 4.79 Å². The molecule has 0 aromatic heterocycles. The first kappa shape index (κ1) is 13.7. The van der Waals surface area contributed by atoms with Crippen LogP contribution in [-0.4, -0.2) is 23.4 Å². The highest BCUT2D eigenvalue weighted by molar-refractivity contribution is 5.99. The molecule has 0 saturated heterocycles. The SMILES string of the molecule is CCN(C(=O)c1ccc(N)cc1N)C1CCCCC1. The van der Waals surface area contributed by atoms with E-state index in [9.17, 15) is 4.79 Å². The molecule has 1 saturated carbocycles. The van der Waals surface area contributed by atoms with Crippen LogP contribution in [0.2, 0.25) is 0 Å². The van der Waals surface area contributed by atoms with Crippen molar-refractivity contribution >= 4 is 17.3 Å². The second-order valence-electron chi connectivity index (χ2n) is 5.23. The van der Waals surface area contributed by atoms with Crippen LogP contribution in [0, 0.1) is 0 Å². The summed E-state index contributed by atoms with van der Waals surface area (Å²) in [5, 5.41) is 0. The van der Waals surface area contributed by atoms with Gasteiger partial charge in [-0.3, -0.25) is 4.79 Å². The monoisotopic (exact) mass is 261 g/mol. The van der Waals surface area contributed by atoms with Gasteiger partial charge in [0.2, 0.25) is 0 Å². The molecule has 4 nitrogen and oxygen atoms in total. The lowest BCUT2D eigenvalue weighted by molar-refractivity contribution is 0.0649. The van der Waals surface area contributed by atoms with Crippen molar-refractivity contribution in [3.8, 4) is 0 Å². The van der Waals surface area contributed by atoms with Crippen molar-refractivity contribution in [2.45, 2.75) is 45.1 Å². The number of hydrogen-bond donors (Lipinski definition) is 2. The molecule has 1 aliphatic carbocycles. The summed E-state index contributed by atoms with van der Waals surface area (Å²) in [6, 6.07) is 5.49. The molecular formula is C15H23N3O. The van der Waals surface area contributed by atoms with E-state index in [0.29, 0.717) is 23.0 Å². The third-order valence-electron chi connectivity index (χ3n) is 3.92. The smallest absolute Gasteiger partial charge is 0.256 e. The van der Waals surface area contributed by atoms with Gasteiger partial charge in [-0.05, 0) is 38.0 Å². The number of benzene rings is 1. The fourth-order valence-electron chi connectivity index (χ4n) is 2.89. The van der Waals surface area contributed by atoms with Crippen molar-refractivity contribution in [3.05, 3.63) is 23.8 Å². The largest absolute Gasteiger partial charge is 0.399 e. The molecule has 0 heterocycles. The van der Waals surface area contributed by atoms with Crippen molar-refractivity contribution in [1.29, 1.82) is 0 Å². The number of anilines is 2. The maximum Gasteiger partial charge on any atom is 0.256 e. The van der Waals surface area contributed by atoms with Gasteiger partial charge >= 0.3 is 0 Å². The minimum Gasteiger partial charge on any atom is -0.399 e. The van der Waals surface area contributed by atoms with E-state index < -0.39 is 0 Å². The molecule has 4 heteroatoms. The molecule has 0 atom stereocenters. The number of nitrogen functional groups attached to an aromatic ring is 2. The Morgan fingerprint density at radius 3 is 2.53 bits per heavy atom. The third kappa shape index (κ3) is 3.00. The normalized spacial score (nSPS) is 16.3. The Bertz CT molecular complexity index is 453. The molecule has 2 rings (SSSR count). The molecule has 0 unspecified atom stereocenters. The average molecular weight is 261 g/mol. The molecule has 1 aromatic rings. The maximum atomic E-state index is 12.6. The summed E-state index contributed by atoms with van der Waals surface area (Å²) in [5.41, 5.74) is 13.2. The van der Waals surface area contributed by atoms with Crippen LogP contribution in [0.3, 0.4) is 0 Å².